The maximum absolute atomic E-state index is 12.2. The van der Waals surface area contributed by atoms with Crippen molar-refractivity contribution in [1.29, 1.82) is 0 Å². The Bertz CT molecular complexity index is 488. The second-order valence-corrected chi connectivity index (χ2v) is 5.93. The van der Waals surface area contributed by atoms with Crippen LogP contribution < -0.4 is 0 Å². The third-order valence-electron chi connectivity index (χ3n) is 3.28. The Morgan fingerprint density at radius 2 is 1.65 bits per heavy atom. The molecule has 0 aromatic carbocycles. The summed E-state index contributed by atoms with van der Waals surface area (Å²) in [5, 5.41) is 0. The van der Waals surface area contributed by atoms with E-state index in [-0.39, 0.29) is 17.2 Å². The van der Waals surface area contributed by atoms with Crippen LogP contribution in [-0.4, -0.2) is 57.8 Å². The zero-order chi connectivity index (χ0) is 14.8. The molecule has 1 aromatic rings. The van der Waals surface area contributed by atoms with Crippen LogP contribution in [0.5, 0.6) is 0 Å². The number of carbonyl (C=O) groups excluding carboxylic acids is 2. The second kappa shape index (κ2) is 5.56. The smallest absolute Gasteiger partial charge is 0.274 e. The van der Waals surface area contributed by atoms with Crippen molar-refractivity contribution in [2.24, 2.45) is 5.41 Å². The molecule has 0 spiro atoms. The Balaban J connectivity index is 1.95. The van der Waals surface area contributed by atoms with Gasteiger partial charge in [-0.3, -0.25) is 14.6 Å². The topological polar surface area (TPSA) is 66.4 Å². The van der Waals surface area contributed by atoms with E-state index in [0.717, 1.165) is 0 Å². The molecular weight excluding hydrogens is 256 g/mol. The first kappa shape index (κ1) is 14.4. The first-order valence-corrected chi connectivity index (χ1v) is 6.74. The largest absolute Gasteiger partial charge is 0.339 e. The highest BCUT2D eigenvalue weighted by Gasteiger charge is 2.31. The molecule has 20 heavy (non-hydrogen) atoms. The summed E-state index contributed by atoms with van der Waals surface area (Å²) in [5.41, 5.74) is -0.0278. The van der Waals surface area contributed by atoms with Gasteiger partial charge in [0.05, 0.1) is 6.20 Å². The van der Waals surface area contributed by atoms with Crippen LogP contribution in [0.2, 0.25) is 0 Å². The van der Waals surface area contributed by atoms with Crippen molar-refractivity contribution in [2.75, 3.05) is 26.2 Å². The number of rotatable bonds is 1. The van der Waals surface area contributed by atoms with Gasteiger partial charge >= 0.3 is 0 Å². The Morgan fingerprint density at radius 1 is 1.05 bits per heavy atom. The van der Waals surface area contributed by atoms with Gasteiger partial charge < -0.3 is 9.80 Å². The summed E-state index contributed by atoms with van der Waals surface area (Å²) in [5.74, 6) is 0.00468. The van der Waals surface area contributed by atoms with Crippen molar-refractivity contribution in [3.63, 3.8) is 0 Å². The van der Waals surface area contributed by atoms with Crippen molar-refractivity contribution < 1.29 is 9.59 Å². The van der Waals surface area contributed by atoms with Gasteiger partial charge in [0, 0.05) is 44.0 Å². The molecule has 1 aliphatic heterocycles. The molecule has 6 nitrogen and oxygen atoms in total. The van der Waals surface area contributed by atoms with Gasteiger partial charge in [-0.15, -0.1) is 0 Å². The van der Waals surface area contributed by atoms with Crippen LogP contribution in [0.4, 0.5) is 0 Å². The highest BCUT2D eigenvalue weighted by atomic mass is 16.2. The minimum absolute atomic E-state index is 0.124. The SMILES string of the molecule is CC(C)(C)C(=O)N1CCN(C(=O)c2cnccn2)CC1. The summed E-state index contributed by atoms with van der Waals surface area (Å²) >= 11 is 0. The molecule has 0 bridgehead atoms. The molecule has 0 atom stereocenters. The average molecular weight is 276 g/mol. The number of amides is 2. The van der Waals surface area contributed by atoms with Gasteiger partial charge in [-0.05, 0) is 0 Å². The van der Waals surface area contributed by atoms with Crippen molar-refractivity contribution >= 4 is 11.8 Å². The fraction of sp³-hybridized carbons (Fsp3) is 0.571. The Morgan fingerprint density at radius 3 is 2.15 bits per heavy atom. The summed E-state index contributed by atoms with van der Waals surface area (Å²) in [7, 11) is 0. The lowest BCUT2D eigenvalue weighted by molar-refractivity contribution is -0.140. The number of carbonyl (C=O) groups is 2. The van der Waals surface area contributed by atoms with Crippen molar-refractivity contribution in [3.05, 3.63) is 24.3 Å². The molecule has 0 radical (unpaired) electrons. The van der Waals surface area contributed by atoms with Gasteiger partial charge in [-0.1, -0.05) is 20.8 Å². The monoisotopic (exact) mass is 276 g/mol. The lowest BCUT2D eigenvalue weighted by Gasteiger charge is -2.37. The number of nitrogens with zero attached hydrogens (tertiary/aromatic N) is 4. The van der Waals surface area contributed by atoms with Gasteiger partial charge in [0.25, 0.3) is 5.91 Å². The summed E-state index contributed by atoms with van der Waals surface area (Å²) in [6.07, 6.45) is 4.51. The molecule has 1 aromatic heterocycles. The number of hydrogen-bond acceptors (Lipinski definition) is 4. The first-order valence-electron chi connectivity index (χ1n) is 6.74. The van der Waals surface area contributed by atoms with E-state index in [9.17, 15) is 9.59 Å². The zero-order valence-electron chi connectivity index (χ0n) is 12.2. The van der Waals surface area contributed by atoms with Crippen LogP contribution >= 0.6 is 0 Å². The fourth-order valence-electron chi connectivity index (χ4n) is 2.16. The van der Waals surface area contributed by atoms with E-state index < -0.39 is 0 Å². The van der Waals surface area contributed by atoms with Gasteiger partial charge in [0.2, 0.25) is 5.91 Å². The molecule has 1 saturated heterocycles. The van der Waals surface area contributed by atoms with Crippen LogP contribution in [0.3, 0.4) is 0 Å². The molecule has 2 amide bonds. The summed E-state index contributed by atoms with van der Waals surface area (Å²) < 4.78 is 0. The van der Waals surface area contributed by atoms with E-state index in [1.54, 1.807) is 4.90 Å². The third-order valence-corrected chi connectivity index (χ3v) is 3.28. The number of piperazine rings is 1. The molecule has 108 valence electrons. The molecular formula is C14H20N4O2. The maximum Gasteiger partial charge on any atom is 0.274 e. The van der Waals surface area contributed by atoms with Crippen LogP contribution in [-0.2, 0) is 4.79 Å². The highest BCUT2D eigenvalue weighted by Crippen LogP contribution is 2.18. The van der Waals surface area contributed by atoms with E-state index in [0.29, 0.717) is 31.9 Å². The standard InChI is InChI=1S/C14H20N4O2/c1-14(2,3)13(20)18-8-6-17(7-9-18)12(19)11-10-15-4-5-16-11/h4-5,10H,6-9H2,1-3H3. The third kappa shape index (κ3) is 3.12. The molecule has 1 aliphatic rings. The second-order valence-electron chi connectivity index (χ2n) is 5.93. The van der Waals surface area contributed by atoms with E-state index in [1.807, 2.05) is 25.7 Å². The summed E-state index contributed by atoms with van der Waals surface area (Å²) in [6, 6.07) is 0. The van der Waals surface area contributed by atoms with Crippen LogP contribution in [0, 0.1) is 5.41 Å². The number of hydrogen-bond donors (Lipinski definition) is 0. The Labute approximate surface area is 118 Å². The molecule has 1 fully saturated rings. The van der Waals surface area contributed by atoms with Crippen LogP contribution in [0.25, 0.3) is 0 Å². The molecule has 2 heterocycles. The lowest BCUT2D eigenvalue weighted by Crippen LogP contribution is -2.53. The van der Waals surface area contributed by atoms with Gasteiger partial charge in [-0.25, -0.2) is 4.98 Å². The highest BCUT2D eigenvalue weighted by molar-refractivity contribution is 5.92. The van der Waals surface area contributed by atoms with Crippen molar-refractivity contribution in [1.82, 2.24) is 19.8 Å². The fourth-order valence-corrected chi connectivity index (χ4v) is 2.16. The molecule has 0 saturated carbocycles. The van der Waals surface area contributed by atoms with E-state index in [1.165, 1.54) is 18.6 Å². The minimum atomic E-state index is -0.378. The molecule has 0 aliphatic carbocycles. The normalized spacial score (nSPS) is 16.1. The van der Waals surface area contributed by atoms with Crippen LogP contribution in [0.1, 0.15) is 31.3 Å². The predicted octanol–water partition coefficient (Wildman–Crippen LogP) is 0.807. The zero-order valence-corrected chi connectivity index (χ0v) is 12.2. The van der Waals surface area contributed by atoms with E-state index in [4.69, 9.17) is 0 Å². The minimum Gasteiger partial charge on any atom is -0.339 e. The first-order chi connectivity index (χ1) is 9.39. The van der Waals surface area contributed by atoms with Gasteiger partial charge in [-0.2, -0.15) is 0 Å². The quantitative estimate of drug-likeness (QED) is 0.761. The molecule has 0 N–H and O–H groups in total. The lowest BCUT2D eigenvalue weighted by atomic mass is 9.94. The van der Waals surface area contributed by atoms with Crippen molar-refractivity contribution in [3.8, 4) is 0 Å². The van der Waals surface area contributed by atoms with E-state index >= 15 is 0 Å². The number of aromatic nitrogens is 2. The Kier molecular flexibility index (Phi) is 4.01. The molecule has 6 heteroatoms. The van der Waals surface area contributed by atoms with E-state index in [2.05, 4.69) is 9.97 Å². The molecule has 2 rings (SSSR count). The Hall–Kier alpha value is -1.98. The average Bonchev–Trinajstić information content (AvgIpc) is 2.46. The van der Waals surface area contributed by atoms with Crippen LogP contribution in [0.15, 0.2) is 18.6 Å². The predicted molar refractivity (Wildman–Crippen MR) is 74.0 cm³/mol. The van der Waals surface area contributed by atoms with Crippen molar-refractivity contribution in [2.45, 2.75) is 20.8 Å². The summed E-state index contributed by atoms with van der Waals surface area (Å²) in [4.78, 5) is 35.8. The van der Waals surface area contributed by atoms with Gasteiger partial charge in [0.15, 0.2) is 0 Å². The van der Waals surface area contributed by atoms with Gasteiger partial charge in [0.1, 0.15) is 5.69 Å². The molecule has 0 unspecified atom stereocenters. The summed E-state index contributed by atoms with van der Waals surface area (Å²) in [6.45, 7) is 7.95. The maximum atomic E-state index is 12.2.